The van der Waals surface area contributed by atoms with Gasteiger partial charge in [0.15, 0.2) is 0 Å². The van der Waals surface area contributed by atoms with Crippen LogP contribution in [-0.4, -0.2) is 49.7 Å². The highest BCUT2D eigenvalue weighted by molar-refractivity contribution is 5.46. The number of likely N-dealkylation sites (N-methyl/N-ethyl adjacent to an activating group) is 1. The number of nitrogens with zero attached hydrogens (tertiary/aromatic N) is 2. The average Bonchev–Trinajstić information content (AvgIpc) is 2.58. The largest absolute Gasteiger partial charge is 0.371 e. The molecule has 3 heteroatoms. The molecule has 2 saturated heterocycles. The molecule has 1 unspecified atom stereocenters. The molecule has 0 radical (unpaired) electrons. The van der Waals surface area contributed by atoms with Gasteiger partial charge in [-0.15, -0.1) is 0 Å². The molecule has 21 heavy (non-hydrogen) atoms. The van der Waals surface area contributed by atoms with Crippen molar-refractivity contribution in [2.24, 2.45) is 0 Å². The lowest BCUT2D eigenvalue weighted by molar-refractivity contribution is 0.102. The van der Waals surface area contributed by atoms with Gasteiger partial charge in [0.05, 0.1) is 0 Å². The minimum absolute atomic E-state index is 0.761. The van der Waals surface area contributed by atoms with Crippen molar-refractivity contribution in [3.8, 4) is 0 Å². The van der Waals surface area contributed by atoms with Crippen LogP contribution in [-0.2, 0) is 0 Å². The predicted molar refractivity (Wildman–Crippen MR) is 89.9 cm³/mol. The average molecular weight is 287 g/mol. The van der Waals surface area contributed by atoms with Crippen LogP contribution in [0, 0.1) is 0 Å². The van der Waals surface area contributed by atoms with Gasteiger partial charge in [-0.25, -0.2) is 0 Å². The van der Waals surface area contributed by atoms with E-state index in [0.717, 1.165) is 12.1 Å². The number of nitrogens with one attached hydrogen (secondary N) is 1. The third kappa shape index (κ3) is 3.58. The second-order valence-corrected chi connectivity index (χ2v) is 6.38. The monoisotopic (exact) mass is 287 g/mol. The quantitative estimate of drug-likeness (QED) is 0.918. The first-order valence-corrected chi connectivity index (χ1v) is 8.65. The molecule has 3 nitrogen and oxygen atoms in total. The Hall–Kier alpha value is -1.06. The molecule has 2 fully saturated rings. The molecule has 2 heterocycles. The van der Waals surface area contributed by atoms with Crippen LogP contribution >= 0.6 is 0 Å². The fourth-order valence-electron chi connectivity index (χ4n) is 4.03. The minimum Gasteiger partial charge on any atom is -0.371 e. The zero-order valence-corrected chi connectivity index (χ0v) is 13.3. The maximum Gasteiger partial charge on any atom is 0.0366 e. The summed E-state index contributed by atoms with van der Waals surface area (Å²) in [6.07, 6.45) is 5.32. The van der Waals surface area contributed by atoms with Crippen molar-refractivity contribution in [1.82, 2.24) is 10.2 Å². The van der Waals surface area contributed by atoms with Gasteiger partial charge in [-0.3, -0.25) is 4.90 Å². The van der Waals surface area contributed by atoms with E-state index in [9.17, 15) is 0 Å². The van der Waals surface area contributed by atoms with Crippen molar-refractivity contribution in [2.75, 3.05) is 37.6 Å². The van der Waals surface area contributed by atoms with Gasteiger partial charge in [0.2, 0.25) is 0 Å². The lowest BCUT2D eigenvalue weighted by atomic mass is 9.97. The van der Waals surface area contributed by atoms with E-state index in [0.29, 0.717) is 0 Å². The highest BCUT2D eigenvalue weighted by Crippen LogP contribution is 2.24. The predicted octanol–water partition coefficient (Wildman–Crippen LogP) is 2.73. The number of para-hydroxylation sites is 1. The second-order valence-electron chi connectivity index (χ2n) is 6.38. The molecule has 1 aromatic carbocycles. The maximum absolute atomic E-state index is 3.57. The molecule has 0 spiro atoms. The molecule has 3 rings (SSSR count). The normalized spacial score (nSPS) is 24.5. The second kappa shape index (κ2) is 7.28. The molecular weight excluding hydrogens is 258 g/mol. The first kappa shape index (κ1) is 14.9. The summed E-state index contributed by atoms with van der Waals surface area (Å²) >= 11 is 0. The molecule has 1 aromatic rings. The van der Waals surface area contributed by atoms with Crippen molar-refractivity contribution in [1.29, 1.82) is 0 Å². The van der Waals surface area contributed by atoms with Crippen molar-refractivity contribution < 1.29 is 0 Å². The topological polar surface area (TPSA) is 18.5 Å². The van der Waals surface area contributed by atoms with Crippen LogP contribution in [0.5, 0.6) is 0 Å². The van der Waals surface area contributed by atoms with E-state index < -0.39 is 0 Å². The van der Waals surface area contributed by atoms with E-state index in [4.69, 9.17) is 0 Å². The van der Waals surface area contributed by atoms with Gasteiger partial charge < -0.3 is 10.2 Å². The molecule has 2 aliphatic heterocycles. The summed E-state index contributed by atoms with van der Waals surface area (Å²) in [4.78, 5) is 5.32. The number of benzene rings is 1. The fraction of sp³-hybridized carbons (Fsp3) is 0.667. The van der Waals surface area contributed by atoms with Crippen LogP contribution in [0.4, 0.5) is 5.69 Å². The number of hydrogen-bond acceptors (Lipinski definition) is 3. The van der Waals surface area contributed by atoms with Gasteiger partial charge in [-0.1, -0.05) is 25.1 Å². The minimum atomic E-state index is 0.761. The molecule has 2 aliphatic rings. The molecule has 0 amide bonds. The van der Waals surface area contributed by atoms with E-state index in [1.54, 1.807) is 0 Å². The van der Waals surface area contributed by atoms with Crippen LogP contribution in [0.3, 0.4) is 0 Å². The summed E-state index contributed by atoms with van der Waals surface area (Å²) in [5.41, 5.74) is 1.39. The van der Waals surface area contributed by atoms with E-state index >= 15 is 0 Å². The summed E-state index contributed by atoms with van der Waals surface area (Å²) in [6.45, 7) is 8.32. The summed E-state index contributed by atoms with van der Waals surface area (Å²) in [5, 5.41) is 3.57. The van der Waals surface area contributed by atoms with Gasteiger partial charge in [-0.2, -0.15) is 0 Å². The summed E-state index contributed by atoms with van der Waals surface area (Å²) in [6, 6.07) is 12.4. The Kier molecular flexibility index (Phi) is 5.15. The van der Waals surface area contributed by atoms with Crippen LogP contribution in [0.2, 0.25) is 0 Å². The Morgan fingerprint density at radius 1 is 1.10 bits per heavy atom. The first-order valence-electron chi connectivity index (χ1n) is 8.65. The number of hydrogen-bond donors (Lipinski definition) is 1. The molecule has 116 valence electrons. The van der Waals surface area contributed by atoms with E-state index in [1.165, 1.54) is 64.1 Å². The SMILES string of the molecule is CCN(C1CCN(c2ccccc2)CC1)C1CCCNC1. The zero-order valence-electron chi connectivity index (χ0n) is 13.3. The third-order valence-electron chi connectivity index (χ3n) is 5.16. The van der Waals surface area contributed by atoms with Crippen molar-refractivity contribution in [2.45, 2.75) is 44.7 Å². The Balaban J connectivity index is 1.56. The van der Waals surface area contributed by atoms with Gasteiger partial charge in [0.1, 0.15) is 0 Å². The van der Waals surface area contributed by atoms with Crippen molar-refractivity contribution in [3.05, 3.63) is 30.3 Å². The Bertz CT molecular complexity index is 406. The standard InChI is InChI=1S/C18H29N3/c1-2-21(18-9-6-12-19-15-18)17-10-13-20(14-11-17)16-7-4-3-5-8-16/h3-5,7-8,17-19H,2,6,9-15H2,1H3. The highest BCUT2D eigenvalue weighted by Gasteiger charge is 2.29. The summed E-state index contributed by atoms with van der Waals surface area (Å²) < 4.78 is 0. The highest BCUT2D eigenvalue weighted by atomic mass is 15.2. The van der Waals surface area contributed by atoms with Gasteiger partial charge in [0, 0.05) is 37.4 Å². The zero-order chi connectivity index (χ0) is 14.5. The van der Waals surface area contributed by atoms with Crippen LogP contribution in [0.25, 0.3) is 0 Å². The van der Waals surface area contributed by atoms with Gasteiger partial charge >= 0.3 is 0 Å². The maximum atomic E-state index is 3.57. The molecule has 1 N–H and O–H groups in total. The molecule has 0 aliphatic carbocycles. The van der Waals surface area contributed by atoms with Gasteiger partial charge in [0.25, 0.3) is 0 Å². The number of piperidine rings is 2. The third-order valence-corrected chi connectivity index (χ3v) is 5.16. The summed E-state index contributed by atoms with van der Waals surface area (Å²) in [5.74, 6) is 0. The molecule has 0 aromatic heterocycles. The molecule has 0 saturated carbocycles. The van der Waals surface area contributed by atoms with Crippen LogP contribution in [0.15, 0.2) is 30.3 Å². The lowest BCUT2D eigenvalue weighted by Crippen LogP contribution is -2.53. The number of rotatable bonds is 4. The Labute approximate surface area is 129 Å². The molecule has 0 bridgehead atoms. The Morgan fingerprint density at radius 3 is 2.48 bits per heavy atom. The van der Waals surface area contributed by atoms with E-state index in [2.05, 4.69) is 52.4 Å². The fourth-order valence-corrected chi connectivity index (χ4v) is 4.03. The van der Waals surface area contributed by atoms with E-state index in [-0.39, 0.29) is 0 Å². The molecular formula is C18H29N3. The van der Waals surface area contributed by atoms with Crippen molar-refractivity contribution in [3.63, 3.8) is 0 Å². The Morgan fingerprint density at radius 2 is 1.86 bits per heavy atom. The first-order chi connectivity index (χ1) is 10.4. The summed E-state index contributed by atoms with van der Waals surface area (Å²) in [7, 11) is 0. The lowest BCUT2D eigenvalue weighted by Gasteiger charge is -2.43. The molecule has 1 atom stereocenters. The van der Waals surface area contributed by atoms with E-state index in [1.807, 2.05) is 0 Å². The van der Waals surface area contributed by atoms with Crippen LogP contribution < -0.4 is 10.2 Å². The van der Waals surface area contributed by atoms with Gasteiger partial charge in [-0.05, 0) is 50.9 Å². The smallest absolute Gasteiger partial charge is 0.0366 e. The van der Waals surface area contributed by atoms with Crippen LogP contribution in [0.1, 0.15) is 32.6 Å². The van der Waals surface area contributed by atoms with Crippen molar-refractivity contribution >= 4 is 5.69 Å². The number of anilines is 1.